The summed E-state index contributed by atoms with van der Waals surface area (Å²) in [5.74, 6) is -1.29. The Labute approximate surface area is 152 Å². The molecule has 2 aromatic rings. The number of rotatable bonds is 7. The van der Waals surface area contributed by atoms with Crippen LogP contribution in [0.4, 0.5) is 14.5 Å². The van der Waals surface area contributed by atoms with Gasteiger partial charge in [-0.1, -0.05) is 11.6 Å². The molecule has 0 aliphatic rings. The Morgan fingerprint density at radius 2 is 1.85 bits per heavy atom. The molecule has 138 valence electrons. The third-order valence-electron chi connectivity index (χ3n) is 3.27. The highest BCUT2D eigenvalue weighted by Crippen LogP contribution is 2.29. The first-order valence-corrected chi connectivity index (χ1v) is 7.57. The van der Waals surface area contributed by atoms with Crippen LogP contribution in [0.3, 0.4) is 0 Å². The Bertz CT molecular complexity index is 812. The fourth-order valence-corrected chi connectivity index (χ4v) is 2.18. The molecule has 26 heavy (non-hydrogen) atoms. The monoisotopic (exact) mass is 385 g/mol. The fraction of sp³-hybridized carbons (Fsp3) is 0.176. The Kier molecular flexibility index (Phi) is 6.35. The van der Waals surface area contributed by atoms with Gasteiger partial charge in [0.1, 0.15) is 17.1 Å². The van der Waals surface area contributed by atoms with Crippen LogP contribution >= 0.6 is 11.6 Å². The molecule has 0 atom stereocenters. The third-order valence-corrected chi connectivity index (χ3v) is 3.60. The average Bonchev–Trinajstić information content (AvgIpc) is 2.61. The maximum atomic E-state index is 12.1. The maximum Gasteiger partial charge on any atom is 0.387 e. The minimum Gasteiger partial charge on any atom is -0.496 e. The number of methoxy groups -OCH3 is 1. The van der Waals surface area contributed by atoms with E-state index >= 15 is 0 Å². The molecule has 2 aromatic carbocycles. The summed E-state index contributed by atoms with van der Waals surface area (Å²) in [6.07, 6.45) is 0. The Morgan fingerprint density at radius 1 is 1.19 bits per heavy atom. The van der Waals surface area contributed by atoms with Crippen LogP contribution in [0.15, 0.2) is 36.4 Å². The molecule has 2 N–H and O–H groups in total. The standard InChI is InChI=1S/C17H14ClF2NO5/c1-24-15-7-13(21)12(18)6-11(15)16(23)25-8-14(22)9-2-4-10(5-3-9)26-17(19)20/h2-7,17H,8,21H2,1H3. The van der Waals surface area contributed by atoms with Crippen LogP contribution < -0.4 is 15.2 Å². The summed E-state index contributed by atoms with van der Waals surface area (Å²) in [5, 5.41) is 0.138. The molecular formula is C17H14ClF2NO5. The van der Waals surface area contributed by atoms with Crippen molar-refractivity contribution in [3.05, 3.63) is 52.5 Å². The number of nitrogens with two attached hydrogens (primary N) is 1. The number of ether oxygens (including phenoxy) is 3. The highest BCUT2D eigenvalue weighted by Gasteiger charge is 2.18. The molecule has 0 saturated carbocycles. The fourth-order valence-electron chi connectivity index (χ4n) is 2.01. The van der Waals surface area contributed by atoms with E-state index in [1.54, 1.807) is 0 Å². The quantitative estimate of drug-likeness (QED) is 0.445. The van der Waals surface area contributed by atoms with E-state index in [2.05, 4.69) is 4.74 Å². The van der Waals surface area contributed by atoms with Gasteiger partial charge in [-0.3, -0.25) is 4.79 Å². The van der Waals surface area contributed by atoms with E-state index in [0.29, 0.717) is 0 Å². The van der Waals surface area contributed by atoms with Crippen molar-refractivity contribution in [1.82, 2.24) is 0 Å². The lowest BCUT2D eigenvalue weighted by Crippen LogP contribution is -2.15. The zero-order valence-electron chi connectivity index (χ0n) is 13.5. The van der Waals surface area contributed by atoms with E-state index in [1.807, 2.05) is 0 Å². The van der Waals surface area contributed by atoms with E-state index < -0.39 is 25.0 Å². The molecule has 0 bridgehead atoms. The number of alkyl halides is 2. The van der Waals surface area contributed by atoms with Crippen LogP contribution in [0.25, 0.3) is 0 Å². The molecule has 0 aromatic heterocycles. The normalized spacial score (nSPS) is 10.5. The van der Waals surface area contributed by atoms with Gasteiger partial charge in [0.05, 0.1) is 17.8 Å². The van der Waals surface area contributed by atoms with E-state index in [-0.39, 0.29) is 33.3 Å². The third kappa shape index (κ3) is 4.82. The van der Waals surface area contributed by atoms with Crippen LogP contribution in [-0.2, 0) is 4.74 Å². The van der Waals surface area contributed by atoms with Crippen molar-refractivity contribution in [1.29, 1.82) is 0 Å². The molecule has 2 rings (SSSR count). The van der Waals surface area contributed by atoms with Gasteiger partial charge in [0.15, 0.2) is 12.4 Å². The topological polar surface area (TPSA) is 87.9 Å². The zero-order valence-corrected chi connectivity index (χ0v) is 14.3. The van der Waals surface area contributed by atoms with Gasteiger partial charge in [-0.05, 0) is 30.3 Å². The number of esters is 1. The molecule has 0 aliphatic carbocycles. The van der Waals surface area contributed by atoms with Crippen molar-refractivity contribution in [2.45, 2.75) is 6.61 Å². The number of anilines is 1. The molecule has 0 fully saturated rings. The predicted molar refractivity (Wildman–Crippen MR) is 90.1 cm³/mol. The van der Waals surface area contributed by atoms with Gasteiger partial charge < -0.3 is 19.9 Å². The van der Waals surface area contributed by atoms with Gasteiger partial charge >= 0.3 is 12.6 Å². The average molecular weight is 386 g/mol. The van der Waals surface area contributed by atoms with Crippen LogP contribution in [-0.4, -0.2) is 32.1 Å². The second-order valence-corrected chi connectivity index (χ2v) is 5.38. The van der Waals surface area contributed by atoms with Gasteiger partial charge in [0.2, 0.25) is 0 Å². The number of hydrogen-bond donors (Lipinski definition) is 1. The molecule has 6 nitrogen and oxygen atoms in total. The van der Waals surface area contributed by atoms with E-state index in [1.165, 1.54) is 43.5 Å². The number of halogens is 3. The van der Waals surface area contributed by atoms with Gasteiger partial charge in [-0.25, -0.2) is 4.79 Å². The minimum absolute atomic E-state index is 0.0141. The summed E-state index contributed by atoms with van der Waals surface area (Å²) >= 11 is 5.88. The van der Waals surface area contributed by atoms with Crippen molar-refractivity contribution in [3.63, 3.8) is 0 Å². The lowest BCUT2D eigenvalue weighted by atomic mass is 10.1. The number of ketones is 1. The molecule has 0 spiro atoms. The Balaban J connectivity index is 2.03. The van der Waals surface area contributed by atoms with Crippen LogP contribution in [0, 0.1) is 0 Å². The largest absolute Gasteiger partial charge is 0.496 e. The summed E-state index contributed by atoms with van der Waals surface area (Å²) in [6.45, 7) is -3.52. The number of nitrogen functional groups attached to an aromatic ring is 1. The highest BCUT2D eigenvalue weighted by atomic mass is 35.5. The van der Waals surface area contributed by atoms with E-state index in [0.717, 1.165) is 0 Å². The second kappa shape index (κ2) is 8.48. The van der Waals surface area contributed by atoms with Gasteiger partial charge in [0.25, 0.3) is 0 Å². The van der Waals surface area contributed by atoms with E-state index in [4.69, 9.17) is 26.8 Å². The smallest absolute Gasteiger partial charge is 0.387 e. The summed E-state index contributed by atoms with van der Waals surface area (Å²) < 4.78 is 38.4. The van der Waals surface area contributed by atoms with Crippen molar-refractivity contribution < 1.29 is 32.6 Å². The first-order valence-electron chi connectivity index (χ1n) is 7.20. The maximum absolute atomic E-state index is 12.1. The molecule has 0 amide bonds. The number of Topliss-reactive ketones (excluding diaryl/α,β-unsaturated/α-hetero) is 1. The highest BCUT2D eigenvalue weighted by molar-refractivity contribution is 6.33. The zero-order chi connectivity index (χ0) is 19.3. The molecule has 0 heterocycles. The Morgan fingerprint density at radius 3 is 2.42 bits per heavy atom. The molecule has 0 radical (unpaired) electrons. The van der Waals surface area contributed by atoms with Crippen LogP contribution in [0.2, 0.25) is 5.02 Å². The van der Waals surface area contributed by atoms with Crippen LogP contribution in [0.1, 0.15) is 20.7 Å². The first kappa shape index (κ1) is 19.5. The summed E-state index contributed by atoms with van der Waals surface area (Å²) in [6, 6.07) is 7.64. The molecule has 0 aliphatic heterocycles. The summed E-state index contributed by atoms with van der Waals surface area (Å²) in [4.78, 5) is 24.2. The summed E-state index contributed by atoms with van der Waals surface area (Å²) in [7, 11) is 1.34. The number of carbonyl (C=O) groups is 2. The molecule has 9 heteroatoms. The van der Waals surface area contributed by atoms with Crippen molar-refractivity contribution >= 4 is 29.0 Å². The van der Waals surface area contributed by atoms with Crippen molar-refractivity contribution in [2.75, 3.05) is 19.5 Å². The molecular weight excluding hydrogens is 372 g/mol. The molecule has 0 saturated heterocycles. The van der Waals surface area contributed by atoms with Crippen LogP contribution in [0.5, 0.6) is 11.5 Å². The van der Waals surface area contributed by atoms with E-state index in [9.17, 15) is 18.4 Å². The Hall–Kier alpha value is -2.87. The predicted octanol–water partition coefficient (Wildman–Crippen LogP) is 3.57. The number of hydrogen-bond acceptors (Lipinski definition) is 6. The second-order valence-electron chi connectivity index (χ2n) is 4.98. The van der Waals surface area contributed by atoms with Crippen molar-refractivity contribution in [3.8, 4) is 11.5 Å². The van der Waals surface area contributed by atoms with Gasteiger partial charge in [-0.15, -0.1) is 0 Å². The first-order chi connectivity index (χ1) is 12.3. The number of carbonyl (C=O) groups excluding carboxylic acids is 2. The molecule has 0 unspecified atom stereocenters. The lowest BCUT2D eigenvalue weighted by molar-refractivity contribution is -0.0498. The lowest BCUT2D eigenvalue weighted by Gasteiger charge is -2.10. The van der Waals surface area contributed by atoms with Gasteiger partial charge in [-0.2, -0.15) is 8.78 Å². The van der Waals surface area contributed by atoms with Gasteiger partial charge in [0, 0.05) is 11.6 Å². The minimum atomic E-state index is -2.96. The SMILES string of the molecule is COc1cc(N)c(Cl)cc1C(=O)OCC(=O)c1ccc(OC(F)F)cc1. The number of benzene rings is 2. The van der Waals surface area contributed by atoms with Crippen molar-refractivity contribution in [2.24, 2.45) is 0 Å². The summed E-state index contributed by atoms with van der Waals surface area (Å²) in [5.41, 5.74) is 6.04.